The van der Waals surface area contributed by atoms with Crippen LogP contribution in [0.4, 0.5) is 20.4 Å². The summed E-state index contributed by atoms with van der Waals surface area (Å²) in [4.78, 5) is 8.83. The lowest BCUT2D eigenvalue weighted by atomic mass is 10.1. The van der Waals surface area contributed by atoms with Gasteiger partial charge in [0.05, 0.1) is 10.1 Å². The third-order valence-electron chi connectivity index (χ3n) is 5.47. The van der Waals surface area contributed by atoms with Crippen molar-refractivity contribution in [3.63, 3.8) is 0 Å². The van der Waals surface area contributed by atoms with Crippen LogP contribution in [0, 0.1) is 0 Å². The second-order valence-corrected chi connectivity index (χ2v) is 10.0. The number of hydrogen-bond acceptors (Lipinski definition) is 6. The summed E-state index contributed by atoms with van der Waals surface area (Å²) >= 11 is 0. The molecule has 4 rings (SSSR count). The summed E-state index contributed by atoms with van der Waals surface area (Å²) in [5, 5.41) is 5.88. The summed E-state index contributed by atoms with van der Waals surface area (Å²) in [6.07, 6.45) is 5.42. The molecule has 3 aromatic rings. The molecule has 9 heteroatoms. The fourth-order valence-corrected chi connectivity index (χ4v) is 5.39. The van der Waals surface area contributed by atoms with Crippen molar-refractivity contribution in [1.29, 1.82) is 0 Å². The van der Waals surface area contributed by atoms with Crippen LogP contribution in [0.25, 0.3) is 12.2 Å². The normalized spacial score (nSPS) is 15.2. The Morgan fingerprint density at radius 1 is 0.970 bits per heavy atom. The molecule has 0 spiro atoms. The maximum atomic E-state index is 12.8. The molecule has 1 saturated heterocycles. The number of benzene rings is 2. The molecule has 0 radical (unpaired) electrons. The lowest BCUT2D eigenvalue weighted by Crippen LogP contribution is -2.35. The SMILES string of the molecule is O=S(=O)(c1ccc(Nc2ncc(/C=C/c3cccc(C(F)F)c3)cn2)cc1)C1CCNCC1. The van der Waals surface area contributed by atoms with Crippen molar-refractivity contribution in [3.8, 4) is 0 Å². The lowest BCUT2D eigenvalue weighted by molar-refractivity contribution is 0.151. The molecule has 1 aliphatic rings. The summed E-state index contributed by atoms with van der Waals surface area (Å²) in [7, 11) is -3.34. The maximum Gasteiger partial charge on any atom is 0.263 e. The van der Waals surface area contributed by atoms with E-state index >= 15 is 0 Å². The van der Waals surface area contributed by atoms with E-state index in [0.717, 1.165) is 0 Å². The van der Waals surface area contributed by atoms with Crippen molar-refractivity contribution < 1.29 is 17.2 Å². The Morgan fingerprint density at radius 3 is 2.30 bits per heavy atom. The number of alkyl halides is 2. The van der Waals surface area contributed by atoms with E-state index in [2.05, 4.69) is 20.6 Å². The van der Waals surface area contributed by atoms with Gasteiger partial charge in [-0.05, 0) is 61.8 Å². The molecule has 2 heterocycles. The Kier molecular flexibility index (Phi) is 7.10. The van der Waals surface area contributed by atoms with Gasteiger partial charge in [0.25, 0.3) is 6.43 Å². The molecule has 33 heavy (non-hydrogen) atoms. The number of anilines is 2. The Morgan fingerprint density at radius 2 is 1.64 bits per heavy atom. The first kappa shape index (κ1) is 23.0. The molecule has 0 unspecified atom stereocenters. The molecule has 1 fully saturated rings. The van der Waals surface area contributed by atoms with Gasteiger partial charge in [-0.1, -0.05) is 30.4 Å². The van der Waals surface area contributed by atoms with Crippen molar-refractivity contribution >= 4 is 33.6 Å². The van der Waals surface area contributed by atoms with Gasteiger partial charge in [-0.15, -0.1) is 0 Å². The average molecular weight is 471 g/mol. The van der Waals surface area contributed by atoms with Crippen molar-refractivity contribution in [2.24, 2.45) is 0 Å². The minimum absolute atomic E-state index is 0.0254. The fourth-order valence-electron chi connectivity index (χ4n) is 3.63. The Labute approximate surface area is 191 Å². The number of hydrogen-bond donors (Lipinski definition) is 2. The largest absolute Gasteiger partial charge is 0.324 e. The zero-order chi connectivity index (χ0) is 23.3. The Bertz CT molecular complexity index is 1210. The van der Waals surface area contributed by atoms with E-state index in [1.165, 1.54) is 12.1 Å². The predicted octanol–water partition coefficient (Wildman–Crippen LogP) is 4.85. The molecule has 1 aromatic heterocycles. The topological polar surface area (TPSA) is 84.0 Å². The van der Waals surface area contributed by atoms with Gasteiger partial charge in [0, 0.05) is 29.2 Å². The van der Waals surface area contributed by atoms with Gasteiger partial charge in [0.2, 0.25) is 5.95 Å². The molecular weight excluding hydrogens is 446 g/mol. The standard InChI is InChI=1S/C24H24F2N4O2S/c25-23(26)19-3-1-2-17(14-19)4-5-18-15-28-24(29-16-18)30-20-6-8-21(9-7-20)33(31,32)22-10-12-27-13-11-22/h1-9,14-16,22-23,27H,10-13H2,(H,28,29,30)/b5-4+. The molecule has 0 atom stereocenters. The number of aromatic nitrogens is 2. The van der Waals surface area contributed by atoms with Crippen LogP contribution in [-0.4, -0.2) is 36.7 Å². The zero-order valence-corrected chi connectivity index (χ0v) is 18.6. The number of nitrogens with zero attached hydrogens (tertiary/aromatic N) is 2. The Hall–Kier alpha value is -3.17. The maximum absolute atomic E-state index is 12.8. The molecule has 6 nitrogen and oxygen atoms in total. The number of piperidine rings is 1. The highest BCUT2D eigenvalue weighted by atomic mass is 32.2. The van der Waals surface area contributed by atoms with E-state index in [0.29, 0.717) is 53.6 Å². The minimum atomic E-state index is -3.34. The van der Waals surface area contributed by atoms with Crippen LogP contribution in [0.3, 0.4) is 0 Å². The van der Waals surface area contributed by atoms with Crippen LogP contribution in [-0.2, 0) is 9.84 Å². The van der Waals surface area contributed by atoms with E-state index in [4.69, 9.17) is 0 Å². The van der Waals surface area contributed by atoms with Crippen LogP contribution in [0.1, 0.15) is 36.0 Å². The molecule has 0 aliphatic carbocycles. The molecule has 172 valence electrons. The first-order valence-corrected chi connectivity index (χ1v) is 12.2. The number of sulfone groups is 1. The first-order chi connectivity index (χ1) is 15.9. The molecule has 0 amide bonds. The van der Waals surface area contributed by atoms with Gasteiger partial charge in [-0.25, -0.2) is 27.2 Å². The summed E-state index contributed by atoms with van der Waals surface area (Å²) in [6.45, 7) is 1.43. The third-order valence-corrected chi connectivity index (χ3v) is 7.75. The summed E-state index contributed by atoms with van der Waals surface area (Å²) in [5.74, 6) is 0.362. The summed E-state index contributed by atoms with van der Waals surface area (Å²) in [5.41, 5.74) is 2.02. The lowest BCUT2D eigenvalue weighted by Gasteiger charge is -2.22. The van der Waals surface area contributed by atoms with E-state index in [1.807, 2.05) is 0 Å². The van der Waals surface area contributed by atoms with Crippen LogP contribution in [0.15, 0.2) is 65.8 Å². The van der Waals surface area contributed by atoms with Gasteiger partial charge < -0.3 is 10.6 Å². The highest BCUT2D eigenvalue weighted by Crippen LogP contribution is 2.24. The van der Waals surface area contributed by atoms with Crippen molar-refractivity contribution in [3.05, 3.63) is 77.6 Å². The highest BCUT2D eigenvalue weighted by Gasteiger charge is 2.28. The molecule has 0 saturated carbocycles. The summed E-state index contributed by atoms with van der Waals surface area (Å²) in [6, 6.07) is 12.8. The second-order valence-electron chi connectivity index (χ2n) is 7.79. The highest BCUT2D eigenvalue weighted by molar-refractivity contribution is 7.92. The van der Waals surface area contributed by atoms with Gasteiger partial charge >= 0.3 is 0 Å². The number of rotatable bonds is 7. The quantitative estimate of drug-likeness (QED) is 0.513. The predicted molar refractivity (Wildman–Crippen MR) is 125 cm³/mol. The minimum Gasteiger partial charge on any atom is -0.324 e. The van der Waals surface area contributed by atoms with Gasteiger partial charge in [-0.3, -0.25) is 0 Å². The van der Waals surface area contributed by atoms with Gasteiger partial charge in [0.15, 0.2) is 9.84 Å². The number of halogens is 2. The summed E-state index contributed by atoms with van der Waals surface area (Å²) < 4.78 is 51.2. The smallest absolute Gasteiger partial charge is 0.263 e. The average Bonchev–Trinajstić information content (AvgIpc) is 2.85. The van der Waals surface area contributed by atoms with Crippen LogP contribution < -0.4 is 10.6 Å². The third kappa shape index (κ3) is 5.80. The van der Waals surface area contributed by atoms with E-state index in [9.17, 15) is 17.2 Å². The van der Waals surface area contributed by atoms with E-state index in [1.54, 1.807) is 60.9 Å². The van der Waals surface area contributed by atoms with Crippen LogP contribution in [0.5, 0.6) is 0 Å². The second kappa shape index (κ2) is 10.2. The van der Waals surface area contributed by atoms with Crippen LogP contribution in [0.2, 0.25) is 0 Å². The number of nitrogens with one attached hydrogen (secondary N) is 2. The fraction of sp³-hybridized carbons (Fsp3) is 0.250. The molecular formula is C24H24F2N4O2S. The van der Waals surface area contributed by atoms with Crippen molar-refractivity contribution in [2.75, 3.05) is 18.4 Å². The van der Waals surface area contributed by atoms with E-state index in [-0.39, 0.29) is 10.8 Å². The van der Waals surface area contributed by atoms with Crippen LogP contribution >= 0.6 is 0 Å². The molecule has 0 bridgehead atoms. The zero-order valence-electron chi connectivity index (χ0n) is 17.8. The molecule has 2 N–H and O–H groups in total. The first-order valence-electron chi connectivity index (χ1n) is 10.6. The van der Waals surface area contributed by atoms with Gasteiger partial charge in [-0.2, -0.15) is 0 Å². The Balaban J connectivity index is 1.39. The van der Waals surface area contributed by atoms with E-state index < -0.39 is 16.3 Å². The van der Waals surface area contributed by atoms with Crippen molar-refractivity contribution in [1.82, 2.24) is 15.3 Å². The van der Waals surface area contributed by atoms with Gasteiger partial charge in [0.1, 0.15) is 0 Å². The molecule has 2 aromatic carbocycles. The molecule has 1 aliphatic heterocycles. The monoisotopic (exact) mass is 470 g/mol. The van der Waals surface area contributed by atoms with Crippen molar-refractivity contribution in [2.45, 2.75) is 29.4 Å².